The highest BCUT2D eigenvalue weighted by Crippen LogP contribution is 2.22. The molecule has 0 aromatic heterocycles. The molecule has 3 nitrogen and oxygen atoms in total. The van der Waals surface area contributed by atoms with Crippen LogP contribution in [0.2, 0.25) is 0 Å². The maximum Gasteiger partial charge on any atom is 0.131 e. The Balaban J connectivity index is 3.80. The summed E-state index contributed by atoms with van der Waals surface area (Å²) >= 11 is 0. The minimum Gasteiger partial charge on any atom is -0.376 e. The first-order valence-electron chi connectivity index (χ1n) is 3.12. The molecule has 0 saturated carbocycles. The van der Waals surface area contributed by atoms with E-state index < -0.39 is 6.23 Å². The van der Waals surface area contributed by atoms with Crippen molar-refractivity contribution in [3.05, 3.63) is 0 Å². The van der Waals surface area contributed by atoms with Gasteiger partial charge in [0.15, 0.2) is 0 Å². The number of nitrogens with one attached hydrogen (secondary N) is 1. The first-order valence-corrected chi connectivity index (χ1v) is 3.12. The van der Waals surface area contributed by atoms with Gasteiger partial charge in [-0.25, -0.2) is 0 Å². The second-order valence-electron chi connectivity index (χ2n) is 2.87. The van der Waals surface area contributed by atoms with Gasteiger partial charge in [0.25, 0.3) is 0 Å². The van der Waals surface area contributed by atoms with Gasteiger partial charge in [-0.05, 0) is 6.42 Å². The van der Waals surface area contributed by atoms with Gasteiger partial charge in [0.1, 0.15) is 6.23 Å². The molecule has 0 aliphatic rings. The summed E-state index contributed by atoms with van der Waals surface area (Å²) in [7, 11) is 0. The van der Waals surface area contributed by atoms with Crippen LogP contribution in [0, 0.1) is 5.41 Å². The maximum atomic E-state index is 9.02. The zero-order chi connectivity index (χ0) is 7.49. The van der Waals surface area contributed by atoms with Gasteiger partial charge in [0, 0.05) is 5.41 Å². The standard InChI is InChI=1S/C6H15NO2/c1-4-6(2,3)5(8)7-9/h5,7-9H,4H2,1-3H3. The SMILES string of the molecule is CCC(C)(C)C(O)NO. The predicted molar refractivity (Wildman–Crippen MR) is 35.0 cm³/mol. The van der Waals surface area contributed by atoms with E-state index in [0.717, 1.165) is 6.42 Å². The van der Waals surface area contributed by atoms with Crippen molar-refractivity contribution < 1.29 is 10.3 Å². The van der Waals surface area contributed by atoms with Gasteiger partial charge in [-0.2, -0.15) is 5.48 Å². The highest BCUT2D eigenvalue weighted by Gasteiger charge is 2.24. The third kappa shape index (κ3) is 2.30. The number of hydrogen-bond acceptors (Lipinski definition) is 3. The molecule has 56 valence electrons. The van der Waals surface area contributed by atoms with Crippen molar-refractivity contribution in [1.82, 2.24) is 5.48 Å². The van der Waals surface area contributed by atoms with E-state index in [1.54, 1.807) is 0 Å². The van der Waals surface area contributed by atoms with E-state index in [1.165, 1.54) is 0 Å². The molecule has 0 saturated heterocycles. The molecule has 0 aromatic rings. The van der Waals surface area contributed by atoms with E-state index in [1.807, 2.05) is 26.3 Å². The van der Waals surface area contributed by atoms with E-state index in [-0.39, 0.29) is 5.41 Å². The van der Waals surface area contributed by atoms with Gasteiger partial charge in [-0.15, -0.1) is 0 Å². The van der Waals surface area contributed by atoms with Crippen LogP contribution in [0.3, 0.4) is 0 Å². The van der Waals surface area contributed by atoms with E-state index in [2.05, 4.69) is 0 Å². The lowest BCUT2D eigenvalue weighted by Crippen LogP contribution is -2.39. The summed E-state index contributed by atoms with van der Waals surface area (Å²) < 4.78 is 0. The lowest BCUT2D eigenvalue weighted by molar-refractivity contribution is -0.0684. The van der Waals surface area contributed by atoms with Crippen molar-refractivity contribution >= 4 is 0 Å². The smallest absolute Gasteiger partial charge is 0.131 e. The number of hydrogen-bond donors (Lipinski definition) is 3. The Kier molecular flexibility index (Phi) is 3.11. The molecule has 0 radical (unpaired) electrons. The van der Waals surface area contributed by atoms with Crippen molar-refractivity contribution in [3.8, 4) is 0 Å². The van der Waals surface area contributed by atoms with Crippen LogP contribution >= 0.6 is 0 Å². The molecular formula is C6H15NO2. The number of aliphatic hydroxyl groups excluding tert-OH is 1. The van der Waals surface area contributed by atoms with E-state index in [4.69, 9.17) is 10.3 Å². The zero-order valence-corrected chi connectivity index (χ0v) is 6.18. The first kappa shape index (κ1) is 8.88. The lowest BCUT2D eigenvalue weighted by atomic mass is 9.88. The molecule has 0 amide bonds. The van der Waals surface area contributed by atoms with Crippen LogP contribution in [0.25, 0.3) is 0 Å². The minimum absolute atomic E-state index is 0.255. The van der Waals surface area contributed by atoms with Crippen LogP contribution in [0.15, 0.2) is 0 Å². The van der Waals surface area contributed by atoms with Crippen molar-refractivity contribution in [2.45, 2.75) is 33.4 Å². The topological polar surface area (TPSA) is 52.5 Å². The Labute approximate surface area is 55.7 Å². The summed E-state index contributed by atoms with van der Waals surface area (Å²) in [6.45, 7) is 5.71. The number of aliphatic hydroxyl groups is 1. The van der Waals surface area contributed by atoms with Gasteiger partial charge >= 0.3 is 0 Å². The average Bonchev–Trinajstić information content (AvgIpc) is 1.86. The Bertz CT molecular complexity index is 83.1. The Morgan fingerprint density at radius 1 is 1.56 bits per heavy atom. The Hall–Kier alpha value is -0.120. The molecule has 0 aromatic carbocycles. The molecule has 0 aliphatic carbocycles. The fourth-order valence-electron chi connectivity index (χ4n) is 0.368. The molecule has 9 heavy (non-hydrogen) atoms. The highest BCUT2D eigenvalue weighted by molar-refractivity contribution is 4.71. The second-order valence-corrected chi connectivity index (χ2v) is 2.87. The number of rotatable bonds is 3. The predicted octanol–water partition coefficient (Wildman–Crippen LogP) is 0.720. The van der Waals surface area contributed by atoms with Crippen LogP contribution in [-0.4, -0.2) is 16.5 Å². The van der Waals surface area contributed by atoms with Crippen molar-refractivity contribution in [3.63, 3.8) is 0 Å². The fraction of sp³-hybridized carbons (Fsp3) is 1.00. The average molecular weight is 133 g/mol. The minimum atomic E-state index is -0.831. The van der Waals surface area contributed by atoms with E-state index in [0.29, 0.717) is 0 Å². The Morgan fingerprint density at radius 3 is 2.11 bits per heavy atom. The first-order chi connectivity index (χ1) is 4.04. The maximum absolute atomic E-state index is 9.02. The van der Waals surface area contributed by atoms with Crippen LogP contribution < -0.4 is 5.48 Å². The van der Waals surface area contributed by atoms with Crippen LogP contribution in [-0.2, 0) is 0 Å². The molecule has 0 rings (SSSR count). The summed E-state index contributed by atoms with van der Waals surface area (Å²) in [5.74, 6) is 0. The third-order valence-electron chi connectivity index (χ3n) is 1.77. The van der Waals surface area contributed by atoms with Gasteiger partial charge in [-0.1, -0.05) is 20.8 Å². The lowest BCUT2D eigenvalue weighted by Gasteiger charge is -2.27. The summed E-state index contributed by atoms with van der Waals surface area (Å²) in [4.78, 5) is 0. The molecule has 0 bridgehead atoms. The third-order valence-corrected chi connectivity index (χ3v) is 1.77. The number of hydroxylamine groups is 1. The summed E-state index contributed by atoms with van der Waals surface area (Å²) in [5, 5.41) is 17.3. The molecule has 0 aliphatic heterocycles. The zero-order valence-electron chi connectivity index (χ0n) is 6.18. The quantitative estimate of drug-likeness (QED) is 0.393. The van der Waals surface area contributed by atoms with Crippen molar-refractivity contribution in [1.29, 1.82) is 0 Å². The van der Waals surface area contributed by atoms with Crippen LogP contribution in [0.1, 0.15) is 27.2 Å². The van der Waals surface area contributed by atoms with Crippen molar-refractivity contribution in [2.75, 3.05) is 0 Å². The fourth-order valence-corrected chi connectivity index (χ4v) is 0.368. The molecule has 1 unspecified atom stereocenters. The molecule has 0 heterocycles. The molecule has 0 spiro atoms. The van der Waals surface area contributed by atoms with Gasteiger partial charge in [-0.3, -0.25) is 0 Å². The van der Waals surface area contributed by atoms with Gasteiger partial charge in [0.2, 0.25) is 0 Å². The van der Waals surface area contributed by atoms with Crippen molar-refractivity contribution in [2.24, 2.45) is 5.41 Å². The summed E-state index contributed by atoms with van der Waals surface area (Å²) in [6.07, 6.45) is -0.00986. The second kappa shape index (κ2) is 3.15. The van der Waals surface area contributed by atoms with Crippen LogP contribution in [0.4, 0.5) is 0 Å². The van der Waals surface area contributed by atoms with Crippen LogP contribution in [0.5, 0.6) is 0 Å². The molecular weight excluding hydrogens is 118 g/mol. The Morgan fingerprint density at radius 2 is 2.00 bits per heavy atom. The summed E-state index contributed by atoms with van der Waals surface area (Å²) in [5.41, 5.74) is 1.56. The largest absolute Gasteiger partial charge is 0.376 e. The van der Waals surface area contributed by atoms with E-state index >= 15 is 0 Å². The molecule has 3 N–H and O–H groups in total. The van der Waals surface area contributed by atoms with Gasteiger partial charge < -0.3 is 10.3 Å². The van der Waals surface area contributed by atoms with E-state index in [9.17, 15) is 0 Å². The summed E-state index contributed by atoms with van der Waals surface area (Å²) in [6, 6.07) is 0. The monoisotopic (exact) mass is 133 g/mol. The molecule has 3 heteroatoms. The van der Waals surface area contributed by atoms with Gasteiger partial charge in [0.05, 0.1) is 0 Å². The molecule has 0 fully saturated rings. The normalized spacial score (nSPS) is 15.7. The molecule has 1 atom stereocenters. The highest BCUT2D eigenvalue weighted by atomic mass is 16.5.